The van der Waals surface area contributed by atoms with Gasteiger partial charge in [0.2, 0.25) is 0 Å². The Morgan fingerprint density at radius 3 is 3.00 bits per heavy atom. The van der Waals surface area contributed by atoms with Crippen LogP contribution in [0.25, 0.3) is 0 Å². The summed E-state index contributed by atoms with van der Waals surface area (Å²) in [6, 6.07) is 0. The van der Waals surface area contributed by atoms with Crippen molar-refractivity contribution in [3.8, 4) is 0 Å². The summed E-state index contributed by atoms with van der Waals surface area (Å²) >= 11 is 0. The molecule has 0 saturated carbocycles. The molecule has 0 spiro atoms. The number of hydrogen-bond donors (Lipinski definition) is 2. The Morgan fingerprint density at radius 1 is 1.89 bits per heavy atom. The zero-order chi connectivity index (χ0) is 7.11. The SMILES string of the molecule is C=CCNC(=O)C[NH2+][CH2-]. The van der Waals surface area contributed by atoms with Crippen LogP contribution in [0.2, 0.25) is 0 Å². The predicted molar refractivity (Wildman–Crippen MR) is 35.4 cm³/mol. The van der Waals surface area contributed by atoms with Crippen molar-refractivity contribution in [1.82, 2.24) is 5.32 Å². The molecule has 0 heterocycles. The minimum absolute atomic E-state index is 0.00935. The summed E-state index contributed by atoms with van der Waals surface area (Å²) in [5.74, 6) is -0.00935. The Kier molecular flexibility index (Phi) is 4.82. The number of quaternary nitrogens is 1. The second-order valence-corrected chi connectivity index (χ2v) is 1.59. The first-order chi connectivity index (χ1) is 4.31. The van der Waals surface area contributed by atoms with Crippen molar-refractivity contribution >= 4 is 5.91 Å². The van der Waals surface area contributed by atoms with E-state index in [1.54, 1.807) is 11.4 Å². The molecule has 3 nitrogen and oxygen atoms in total. The van der Waals surface area contributed by atoms with E-state index < -0.39 is 0 Å². The predicted octanol–water partition coefficient (Wildman–Crippen LogP) is -1.36. The molecular formula is C6H12N2O. The molecule has 0 aliphatic heterocycles. The fraction of sp³-hybridized carbons (Fsp3) is 0.333. The number of carbonyl (C=O) groups excluding carboxylic acids is 1. The van der Waals surface area contributed by atoms with Crippen molar-refractivity contribution in [2.45, 2.75) is 0 Å². The maximum atomic E-state index is 10.6. The molecular weight excluding hydrogens is 116 g/mol. The second kappa shape index (κ2) is 5.31. The average Bonchev–Trinajstić information content (AvgIpc) is 1.85. The van der Waals surface area contributed by atoms with Gasteiger partial charge < -0.3 is 10.6 Å². The van der Waals surface area contributed by atoms with Gasteiger partial charge in [0, 0.05) is 6.54 Å². The maximum absolute atomic E-state index is 10.6. The first kappa shape index (κ1) is 8.17. The monoisotopic (exact) mass is 128 g/mol. The van der Waals surface area contributed by atoms with E-state index in [0.29, 0.717) is 13.1 Å². The Bertz CT molecular complexity index is 101. The van der Waals surface area contributed by atoms with Gasteiger partial charge in [-0.15, -0.1) is 6.58 Å². The van der Waals surface area contributed by atoms with Crippen LogP contribution in [-0.4, -0.2) is 19.0 Å². The maximum Gasteiger partial charge on any atom is 0.273 e. The molecule has 0 atom stereocenters. The van der Waals surface area contributed by atoms with Crippen molar-refractivity contribution in [2.75, 3.05) is 13.1 Å². The minimum atomic E-state index is -0.00935. The van der Waals surface area contributed by atoms with Gasteiger partial charge in [0.25, 0.3) is 5.91 Å². The number of amides is 1. The van der Waals surface area contributed by atoms with Crippen LogP contribution in [0.15, 0.2) is 12.7 Å². The lowest BCUT2D eigenvalue weighted by Crippen LogP contribution is -2.79. The third kappa shape index (κ3) is 5.03. The Labute approximate surface area is 55.1 Å². The van der Waals surface area contributed by atoms with Gasteiger partial charge in [-0.1, -0.05) is 6.08 Å². The zero-order valence-electron chi connectivity index (χ0n) is 5.39. The van der Waals surface area contributed by atoms with Crippen LogP contribution in [0.1, 0.15) is 0 Å². The summed E-state index contributed by atoms with van der Waals surface area (Å²) in [6.07, 6.45) is 1.64. The molecule has 3 heteroatoms. The highest BCUT2D eigenvalue weighted by atomic mass is 16.1. The normalized spacial score (nSPS) is 8.56. The molecule has 1 amide bonds. The molecule has 52 valence electrons. The summed E-state index contributed by atoms with van der Waals surface area (Å²) in [7, 11) is 3.42. The van der Waals surface area contributed by atoms with Crippen molar-refractivity contribution in [2.24, 2.45) is 0 Å². The third-order valence-electron chi connectivity index (χ3n) is 0.773. The largest absolute Gasteiger partial charge is 0.471 e. The number of carbonyl (C=O) groups is 1. The van der Waals surface area contributed by atoms with Gasteiger partial charge >= 0.3 is 0 Å². The lowest BCUT2D eigenvalue weighted by molar-refractivity contribution is -0.583. The standard InChI is InChI=1S/C6H12N2O/c1-3-4-8-6(9)5-7-2/h3H,1-2,4-5,7H2,(H,8,9). The molecule has 0 saturated heterocycles. The Hall–Kier alpha value is -0.830. The van der Waals surface area contributed by atoms with Crippen molar-refractivity contribution in [3.05, 3.63) is 19.7 Å². The van der Waals surface area contributed by atoms with Gasteiger partial charge in [0.05, 0.1) is 0 Å². The molecule has 0 rings (SSSR count). The van der Waals surface area contributed by atoms with Gasteiger partial charge in [0.1, 0.15) is 6.54 Å². The quantitative estimate of drug-likeness (QED) is 0.356. The van der Waals surface area contributed by atoms with Crippen molar-refractivity contribution < 1.29 is 10.1 Å². The van der Waals surface area contributed by atoms with E-state index in [1.807, 2.05) is 0 Å². The molecule has 0 aliphatic carbocycles. The van der Waals surface area contributed by atoms with Gasteiger partial charge in [-0.25, -0.2) is 0 Å². The summed E-state index contributed by atoms with van der Waals surface area (Å²) < 4.78 is 0. The highest BCUT2D eigenvalue weighted by Gasteiger charge is 1.94. The number of nitrogens with two attached hydrogens (primary N) is 1. The fourth-order valence-corrected chi connectivity index (χ4v) is 0.389. The van der Waals surface area contributed by atoms with E-state index >= 15 is 0 Å². The number of hydrogen-bond acceptors (Lipinski definition) is 1. The highest BCUT2D eigenvalue weighted by Crippen LogP contribution is 1.59. The highest BCUT2D eigenvalue weighted by molar-refractivity contribution is 5.76. The van der Waals surface area contributed by atoms with Gasteiger partial charge in [-0.2, -0.15) is 7.05 Å². The second-order valence-electron chi connectivity index (χ2n) is 1.59. The van der Waals surface area contributed by atoms with Crippen LogP contribution in [0.5, 0.6) is 0 Å². The number of nitrogens with one attached hydrogen (secondary N) is 1. The molecule has 9 heavy (non-hydrogen) atoms. The van der Waals surface area contributed by atoms with Gasteiger partial charge in [-0.05, 0) is 0 Å². The molecule has 0 aromatic carbocycles. The van der Waals surface area contributed by atoms with Crippen LogP contribution >= 0.6 is 0 Å². The van der Waals surface area contributed by atoms with Crippen LogP contribution in [0, 0.1) is 7.05 Å². The molecule has 0 aromatic rings. The molecule has 0 aromatic heterocycles. The molecule has 0 fully saturated rings. The lowest BCUT2D eigenvalue weighted by Gasteiger charge is -1.99. The smallest absolute Gasteiger partial charge is 0.273 e. The van der Waals surface area contributed by atoms with E-state index in [1.165, 1.54) is 0 Å². The van der Waals surface area contributed by atoms with Crippen molar-refractivity contribution in [1.29, 1.82) is 0 Å². The summed E-state index contributed by atoms with van der Waals surface area (Å²) in [5.41, 5.74) is 0. The molecule has 0 aliphatic rings. The fourth-order valence-electron chi connectivity index (χ4n) is 0.389. The van der Waals surface area contributed by atoms with Crippen molar-refractivity contribution in [3.63, 3.8) is 0 Å². The van der Waals surface area contributed by atoms with Crippen LogP contribution in [-0.2, 0) is 4.79 Å². The summed E-state index contributed by atoms with van der Waals surface area (Å²) in [5, 5.41) is 4.17. The Balaban J connectivity index is 3.16. The van der Waals surface area contributed by atoms with Crippen LogP contribution < -0.4 is 10.6 Å². The first-order valence-electron chi connectivity index (χ1n) is 2.79. The minimum Gasteiger partial charge on any atom is -0.471 e. The van der Waals surface area contributed by atoms with Crippen LogP contribution in [0.4, 0.5) is 0 Å². The topological polar surface area (TPSA) is 45.7 Å². The first-order valence-corrected chi connectivity index (χ1v) is 2.79. The van der Waals surface area contributed by atoms with E-state index in [0.717, 1.165) is 0 Å². The summed E-state index contributed by atoms with van der Waals surface area (Å²) in [6.45, 7) is 4.37. The van der Waals surface area contributed by atoms with Gasteiger partial charge in [-0.3, -0.25) is 4.79 Å². The Morgan fingerprint density at radius 2 is 2.56 bits per heavy atom. The molecule has 0 unspecified atom stereocenters. The lowest BCUT2D eigenvalue weighted by atomic mass is 10.5. The van der Waals surface area contributed by atoms with E-state index in [-0.39, 0.29) is 5.91 Å². The third-order valence-corrected chi connectivity index (χ3v) is 0.773. The molecule has 0 bridgehead atoms. The van der Waals surface area contributed by atoms with Gasteiger partial charge in [0.15, 0.2) is 0 Å². The molecule has 0 radical (unpaired) electrons. The zero-order valence-corrected chi connectivity index (χ0v) is 5.39. The van der Waals surface area contributed by atoms with E-state index in [2.05, 4.69) is 18.9 Å². The summed E-state index contributed by atoms with van der Waals surface area (Å²) in [4.78, 5) is 10.6. The van der Waals surface area contributed by atoms with E-state index in [9.17, 15) is 4.79 Å². The number of rotatable bonds is 4. The van der Waals surface area contributed by atoms with Crippen LogP contribution in [0.3, 0.4) is 0 Å². The average molecular weight is 128 g/mol. The van der Waals surface area contributed by atoms with E-state index in [4.69, 9.17) is 0 Å². The molecule has 3 N–H and O–H groups in total.